The van der Waals surface area contributed by atoms with Crippen molar-refractivity contribution in [1.82, 2.24) is 5.32 Å². The van der Waals surface area contributed by atoms with Crippen LogP contribution in [0.3, 0.4) is 0 Å². The number of carbonyl (C=O) groups excluding carboxylic acids is 3. The molecule has 1 fully saturated rings. The second kappa shape index (κ2) is 8.62. The van der Waals surface area contributed by atoms with Crippen LogP contribution in [-0.4, -0.2) is 29.8 Å². The molecule has 27 heavy (non-hydrogen) atoms. The minimum atomic E-state index is -0.919. The molecule has 1 unspecified atom stereocenters. The van der Waals surface area contributed by atoms with Crippen molar-refractivity contribution in [2.75, 3.05) is 0 Å². The van der Waals surface area contributed by atoms with Gasteiger partial charge in [-0.05, 0) is 25.8 Å². The summed E-state index contributed by atoms with van der Waals surface area (Å²) in [6.07, 6.45) is 3.21. The molecule has 2 aromatic carbocycles. The van der Waals surface area contributed by atoms with Crippen LogP contribution >= 0.6 is 0 Å². The number of rotatable bonds is 6. The van der Waals surface area contributed by atoms with E-state index in [0.717, 1.165) is 25.7 Å². The molecule has 5 nitrogen and oxygen atoms in total. The van der Waals surface area contributed by atoms with Gasteiger partial charge in [-0.15, -0.1) is 0 Å². The first-order valence-corrected chi connectivity index (χ1v) is 9.26. The topological polar surface area (TPSA) is 72.5 Å². The summed E-state index contributed by atoms with van der Waals surface area (Å²) in [6.45, 7) is 1.55. The third-order valence-electron chi connectivity index (χ3n) is 4.78. The highest BCUT2D eigenvalue weighted by Gasteiger charge is 2.25. The summed E-state index contributed by atoms with van der Waals surface area (Å²) in [5.74, 6) is -1.24. The van der Waals surface area contributed by atoms with Gasteiger partial charge < -0.3 is 10.1 Å². The minimum absolute atomic E-state index is 0.158. The van der Waals surface area contributed by atoms with Gasteiger partial charge in [0.1, 0.15) is 0 Å². The molecule has 0 saturated heterocycles. The second-order valence-electron chi connectivity index (χ2n) is 6.78. The second-order valence-corrected chi connectivity index (χ2v) is 6.78. The van der Waals surface area contributed by atoms with Crippen LogP contribution in [0.1, 0.15) is 58.9 Å². The van der Waals surface area contributed by atoms with Crippen LogP contribution < -0.4 is 5.32 Å². The number of nitrogens with one attached hydrogen (secondary N) is 1. The Morgan fingerprint density at radius 2 is 1.52 bits per heavy atom. The number of amides is 1. The van der Waals surface area contributed by atoms with Crippen molar-refractivity contribution < 1.29 is 19.1 Å². The van der Waals surface area contributed by atoms with E-state index in [-0.39, 0.29) is 28.9 Å². The zero-order valence-electron chi connectivity index (χ0n) is 15.3. The van der Waals surface area contributed by atoms with Gasteiger partial charge in [0, 0.05) is 17.2 Å². The maximum absolute atomic E-state index is 12.7. The first-order valence-electron chi connectivity index (χ1n) is 9.26. The molecule has 0 heterocycles. The summed E-state index contributed by atoms with van der Waals surface area (Å²) in [4.78, 5) is 37.6. The van der Waals surface area contributed by atoms with Crippen molar-refractivity contribution in [1.29, 1.82) is 0 Å². The van der Waals surface area contributed by atoms with Crippen LogP contribution in [0.4, 0.5) is 0 Å². The number of ketones is 1. The summed E-state index contributed by atoms with van der Waals surface area (Å²) >= 11 is 0. The van der Waals surface area contributed by atoms with Crippen molar-refractivity contribution in [2.45, 2.75) is 44.8 Å². The molecule has 1 amide bonds. The van der Waals surface area contributed by atoms with E-state index in [4.69, 9.17) is 4.74 Å². The fraction of sp³-hybridized carbons (Fsp3) is 0.318. The first kappa shape index (κ1) is 18.8. The molecule has 1 saturated carbocycles. The minimum Gasteiger partial charge on any atom is -0.449 e. The van der Waals surface area contributed by atoms with Crippen LogP contribution in [0.15, 0.2) is 54.6 Å². The molecule has 0 aliphatic heterocycles. The Hall–Kier alpha value is -2.95. The van der Waals surface area contributed by atoms with Gasteiger partial charge in [0.15, 0.2) is 11.9 Å². The normalized spacial score (nSPS) is 15.1. The molecule has 2 aromatic rings. The van der Waals surface area contributed by atoms with E-state index >= 15 is 0 Å². The van der Waals surface area contributed by atoms with Gasteiger partial charge in [0.2, 0.25) is 0 Å². The lowest BCUT2D eigenvalue weighted by atomic mass is 9.98. The fourth-order valence-electron chi connectivity index (χ4n) is 3.27. The molecule has 0 aromatic heterocycles. The van der Waals surface area contributed by atoms with Gasteiger partial charge in [-0.2, -0.15) is 0 Å². The molecular formula is C22H23NO4. The van der Waals surface area contributed by atoms with E-state index in [9.17, 15) is 14.4 Å². The summed E-state index contributed by atoms with van der Waals surface area (Å²) in [6, 6.07) is 15.4. The Balaban J connectivity index is 1.71. The number of carbonyl (C=O) groups is 3. The van der Waals surface area contributed by atoms with E-state index < -0.39 is 12.1 Å². The van der Waals surface area contributed by atoms with E-state index in [1.807, 2.05) is 6.07 Å². The lowest BCUT2D eigenvalue weighted by molar-refractivity contribution is -0.129. The Labute approximate surface area is 158 Å². The lowest BCUT2D eigenvalue weighted by Gasteiger charge is -2.17. The number of esters is 1. The fourth-order valence-corrected chi connectivity index (χ4v) is 3.27. The van der Waals surface area contributed by atoms with E-state index in [0.29, 0.717) is 5.56 Å². The predicted octanol–water partition coefficient (Wildman–Crippen LogP) is 3.52. The molecule has 5 heteroatoms. The molecule has 1 atom stereocenters. The average molecular weight is 365 g/mol. The van der Waals surface area contributed by atoms with Gasteiger partial charge >= 0.3 is 5.97 Å². The Kier molecular flexibility index (Phi) is 6.01. The van der Waals surface area contributed by atoms with Gasteiger partial charge in [-0.25, -0.2) is 4.79 Å². The first-order chi connectivity index (χ1) is 13.1. The van der Waals surface area contributed by atoms with Gasteiger partial charge in [-0.1, -0.05) is 61.4 Å². The molecule has 1 N–H and O–H groups in total. The standard InChI is InChI=1S/C22H23NO4/c1-15(21(25)23-17-11-5-6-12-17)27-22(26)19-14-8-7-13-18(19)20(24)16-9-3-2-4-10-16/h2-4,7-10,13-15,17H,5-6,11-12H2,1H3,(H,23,25). The molecule has 0 bridgehead atoms. The van der Waals surface area contributed by atoms with Crippen molar-refractivity contribution >= 4 is 17.7 Å². The summed E-state index contributed by atoms with van der Waals surface area (Å²) in [5, 5.41) is 2.92. The van der Waals surface area contributed by atoms with Crippen LogP contribution in [0.5, 0.6) is 0 Å². The maximum Gasteiger partial charge on any atom is 0.339 e. The third kappa shape index (κ3) is 4.61. The number of hydrogen-bond donors (Lipinski definition) is 1. The Morgan fingerprint density at radius 3 is 2.19 bits per heavy atom. The molecule has 0 radical (unpaired) electrons. The van der Waals surface area contributed by atoms with Crippen molar-refractivity contribution in [3.63, 3.8) is 0 Å². The van der Waals surface area contributed by atoms with Gasteiger partial charge in [0.05, 0.1) is 5.56 Å². The summed E-state index contributed by atoms with van der Waals surface area (Å²) in [7, 11) is 0. The SMILES string of the molecule is CC(OC(=O)c1ccccc1C(=O)c1ccccc1)C(=O)NC1CCCC1. The van der Waals surface area contributed by atoms with E-state index in [2.05, 4.69) is 5.32 Å². The highest BCUT2D eigenvalue weighted by molar-refractivity contribution is 6.14. The largest absolute Gasteiger partial charge is 0.449 e. The molecule has 140 valence electrons. The maximum atomic E-state index is 12.7. The van der Waals surface area contributed by atoms with Gasteiger partial charge in [-0.3, -0.25) is 9.59 Å². The van der Waals surface area contributed by atoms with Crippen LogP contribution in [0.25, 0.3) is 0 Å². The monoisotopic (exact) mass is 365 g/mol. The Bertz CT molecular complexity index is 825. The van der Waals surface area contributed by atoms with Crippen molar-refractivity contribution in [3.05, 3.63) is 71.3 Å². The molecule has 3 rings (SSSR count). The van der Waals surface area contributed by atoms with Crippen LogP contribution in [-0.2, 0) is 9.53 Å². The third-order valence-corrected chi connectivity index (χ3v) is 4.78. The summed E-state index contributed by atoms with van der Waals surface area (Å²) < 4.78 is 5.33. The Morgan fingerprint density at radius 1 is 0.926 bits per heavy atom. The molecule has 1 aliphatic rings. The van der Waals surface area contributed by atoms with Gasteiger partial charge in [0.25, 0.3) is 5.91 Å². The molecule has 0 spiro atoms. The number of benzene rings is 2. The zero-order valence-corrected chi connectivity index (χ0v) is 15.3. The van der Waals surface area contributed by atoms with Crippen molar-refractivity contribution in [3.8, 4) is 0 Å². The zero-order chi connectivity index (χ0) is 19.2. The smallest absolute Gasteiger partial charge is 0.339 e. The van der Waals surface area contributed by atoms with Crippen LogP contribution in [0.2, 0.25) is 0 Å². The highest BCUT2D eigenvalue weighted by Crippen LogP contribution is 2.19. The lowest BCUT2D eigenvalue weighted by Crippen LogP contribution is -2.41. The van der Waals surface area contributed by atoms with E-state index in [1.54, 1.807) is 55.5 Å². The summed E-state index contributed by atoms with van der Waals surface area (Å²) in [5.41, 5.74) is 0.911. The molecular weight excluding hydrogens is 342 g/mol. The average Bonchev–Trinajstić information content (AvgIpc) is 3.21. The van der Waals surface area contributed by atoms with Crippen LogP contribution in [0, 0.1) is 0 Å². The number of ether oxygens (including phenoxy) is 1. The van der Waals surface area contributed by atoms with Crippen molar-refractivity contribution in [2.24, 2.45) is 0 Å². The number of hydrogen-bond acceptors (Lipinski definition) is 4. The highest BCUT2D eigenvalue weighted by atomic mass is 16.5. The van der Waals surface area contributed by atoms with E-state index in [1.165, 1.54) is 0 Å². The quantitative estimate of drug-likeness (QED) is 0.628. The molecule has 1 aliphatic carbocycles. The predicted molar refractivity (Wildman–Crippen MR) is 102 cm³/mol.